The Morgan fingerprint density at radius 2 is 1.95 bits per heavy atom. The quantitative estimate of drug-likeness (QED) is 0.778. The Balaban J connectivity index is 2.00. The molecular formula is C15H20Cl2N2O+2. The van der Waals surface area contributed by atoms with Gasteiger partial charge in [-0.25, -0.2) is 0 Å². The van der Waals surface area contributed by atoms with Crippen molar-refractivity contribution in [1.82, 2.24) is 0 Å². The van der Waals surface area contributed by atoms with E-state index in [0.717, 1.165) is 36.7 Å². The summed E-state index contributed by atoms with van der Waals surface area (Å²) < 4.78 is 5.83. The topological polar surface area (TPSA) is 34.2 Å². The van der Waals surface area contributed by atoms with Gasteiger partial charge in [0.25, 0.3) is 0 Å². The van der Waals surface area contributed by atoms with Crippen LogP contribution >= 0.6 is 23.2 Å². The number of quaternary nitrogens is 2. The molecule has 0 radical (unpaired) electrons. The third kappa shape index (κ3) is 4.25. The van der Waals surface area contributed by atoms with Gasteiger partial charge in [-0.05, 0) is 30.3 Å². The van der Waals surface area contributed by atoms with Gasteiger partial charge in [-0.3, -0.25) is 0 Å². The summed E-state index contributed by atoms with van der Waals surface area (Å²) in [6, 6.07) is 9.32. The van der Waals surface area contributed by atoms with Crippen molar-refractivity contribution in [3.8, 4) is 11.3 Å². The zero-order chi connectivity index (χ0) is 14.5. The molecule has 0 aliphatic heterocycles. The summed E-state index contributed by atoms with van der Waals surface area (Å²) >= 11 is 12.2. The monoisotopic (exact) mass is 314 g/mol. The number of hydrogen-bond donors (Lipinski definition) is 2. The second kappa shape index (κ2) is 7.14. The molecule has 5 heteroatoms. The predicted octanol–water partition coefficient (Wildman–Crippen LogP) is 1.46. The van der Waals surface area contributed by atoms with Crippen LogP contribution < -0.4 is 10.2 Å². The Morgan fingerprint density at radius 1 is 1.15 bits per heavy atom. The summed E-state index contributed by atoms with van der Waals surface area (Å²) in [5, 5.41) is 3.55. The Hall–Kier alpha value is -1.00. The molecule has 1 heterocycles. The maximum atomic E-state index is 6.17. The fraction of sp³-hybridized carbons (Fsp3) is 0.333. The van der Waals surface area contributed by atoms with Crippen LogP contribution in [0.4, 0.5) is 0 Å². The summed E-state index contributed by atoms with van der Waals surface area (Å²) in [6.45, 7) is 3.05. The van der Waals surface area contributed by atoms with Gasteiger partial charge in [0, 0.05) is 10.6 Å². The van der Waals surface area contributed by atoms with Gasteiger partial charge in [0.2, 0.25) is 0 Å². The molecule has 0 aliphatic carbocycles. The van der Waals surface area contributed by atoms with Crippen LogP contribution in [-0.2, 0) is 6.54 Å². The first-order valence-electron chi connectivity index (χ1n) is 6.71. The second-order valence-corrected chi connectivity index (χ2v) is 5.97. The second-order valence-electron chi connectivity index (χ2n) is 5.13. The molecule has 2 aromatic rings. The molecule has 0 atom stereocenters. The molecule has 0 aliphatic rings. The Kier molecular flexibility index (Phi) is 5.49. The lowest BCUT2D eigenvalue weighted by Gasteiger charge is -2.05. The van der Waals surface area contributed by atoms with E-state index < -0.39 is 0 Å². The number of likely N-dealkylation sites (N-methyl/N-ethyl adjacent to an activating group) is 1. The lowest BCUT2D eigenvalue weighted by molar-refractivity contribution is -0.875. The SMILES string of the molecule is C[NH+](C)CC[NH2+]Cc1ccc(-c2cc(Cl)ccc2Cl)o1. The van der Waals surface area contributed by atoms with Crippen LogP contribution in [0.1, 0.15) is 5.76 Å². The molecule has 0 amide bonds. The van der Waals surface area contributed by atoms with Crippen molar-refractivity contribution >= 4 is 23.2 Å². The van der Waals surface area contributed by atoms with Gasteiger partial charge in [0.05, 0.1) is 19.1 Å². The summed E-state index contributed by atoms with van der Waals surface area (Å²) in [6.07, 6.45) is 0. The largest absolute Gasteiger partial charge is 0.455 e. The molecule has 0 bridgehead atoms. The van der Waals surface area contributed by atoms with Crippen LogP contribution in [0, 0.1) is 0 Å². The van der Waals surface area contributed by atoms with E-state index in [1.54, 1.807) is 12.1 Å². The number of nitrogens with one attached hydrogen (secondary N) is 1. The molecule has 1 aromatic carbocycles. The number of benzene rings is 1. The smallest absolute Gasteiger partial charge is 0.158 e. The molecule has 0 fully saturated rings. The fourth-order valence-corrected chi connectivity index (χ4v) is 2.34. The van der Waals surface area contributed by atoms with Gasteiger partial charge in [-0.2, -0.15) is 0 Å². The van der Waals surface area contributed by atoms with Crippen molar-refractivity contribution in [3.05, 3.63) is 46.1 Å². The van der Waals surface area contributed by atoms with E-state index in [-0.39, 0.29) is 0 Å². The molecule has 0 spiro atoms. The van der Waals surface area contributed by atoms with Crippen molar-refractivity contribution in [2.75, 3.05) is 27.2 Å². The molecular weight excluding hydrogens is 295 g/mol. The first-order valence-corrected chi connectivity index (χ1v) is 7.46. The molecule has 1 aromatic heterocycles. The van der Waals surface area contributed by atoms with E-state index in [2.05, 4.69) is 19.4 Å². The molecule has 108 valence electrons. The van der Waals surface area contributed by atoms with Gasteiger partial charge in [-0.15, -0.1) is 0 Å². The molecule has 0 saturated heterocycles. The molecule has 3 N–H and O–H groups in total. The zero-order valence-electron chi connectivity index (χ0n) is 11.7. The number of hydrogen-bond acceptors (Lipinski definition) is 1. The average molecular weight is 315 g/mol. The van der Waals surface area contributed by atoms with Crippen LogP contribution in [0.3, 0.4) is 0 Å². The van der Waals surface area contributed by atoms with E-state index in [9.17, 15) is 0 Å². The molecule has 2 rings (SSSR count). The lowest BCUT2D eigenvalue weighted by atomic mass is 10.2. The summed E-state index contributed by atoms with van der Waals surface area (Å²) in [5.41, 5.74) is 0.836. The molecule has 0 saturated carbocycles. The number of halogens is 2. The Morgan fingerprint density at radius 3 is 2.70 bits per heavy atom. The van der Waals surface area contributed by atoms with E-state index in [0.29, 0.717) is 10.0 Å². The van der Waals surface area contributed by atoms with E-state index >= 15 is 0 Å². The van der Waals surface area contributed by atoms with Crippen molar-refractivity contribution in [2.45, 2.75) is 6.54 Å². The van der Waals surface area contributed by atoms with Gasteiger partial charge >= 0.3 is 0 Å². The number of furan rings is 1. The minimum Gasteiger partial charge on any atom is -0.455 e. The van der Waals surface area contributed by atoms with Crippen LogP contribution in [0.15, 0.2) is 34.7 Å². The van der Waals surface area contributed by atoms with Crippen molar-refractivity contribution in [2.24, 2.45) is 0 Å². The van der Waals surface area contributed by atoms with Crippen LogP contribution in [0.25, 0.3) is 11.3 Å². The van der Waals surface area contributed by atoms with Gasteiger partial charge in [-0.1, -0.05) is 23.2 Å². The van der Waals surface area contributed by atoms with Gasteiger partial charge in [0.15, 0.2) is 5.76 Å². The summed E-state index contributed by atoms with van der Waals surface area (Å²) in [7, 11) is 4.31. The number of nitrogens with two attached hydrogens (primary N) is 1. The maximum absolute atomic E-state index is 6.17. The molecule has 0 unspecified atom stereocenters. The average Bonchev–Trinajstić information content (AvgIpc) is 2.86. The standard InChI is InChI=1S/C15H18Cl2N2O/c1-19(2)8-7-18-10-12-4-6-15(20-12)13-9-11(16)3-5-14(13)17/h3-6,9,18H,7-8,10H2,1-2H3/p+2. The fourth-order valence-electron chi connectivity index (χ4n) is 1.95. The van der Waals surface area contributed by atoms with Crippen molar-refractivity contribution in [3.63, 3.8) is 0 Å². The van der Waals surface area contributed by atoms with E-state index in [1.807, 2.05) is 18.2 Å². The first kappa shape index (κ1) is 15.4. The van der Waals surface area contributed by atoms with Crippen LogP contribution in [0.2, 0.25) is 10.0 Å². The molecule has 3 nitrogen and oxygen atoms in total. The van der Waals surface area contributed by atoms with Crippen LogP contribution in [0.5, 0.6) is 0 Å². The highest BCUT2D eigenvalue weighted by molar-refractivity contribution is 6.35. The summed E-state index contributed by atoms with van der Waals surface area (Å²) in [5.74, 6) is 1.71. The van der Waals surface area contributed by atoms with Crippen molar-refractivity contribution < 1.29 is 14.6 Å². The van der Waals surface area contributed by atoms with Crippen LogP contribution in [-0.4, -0.2) is 27.2 Å². The minimum atomic E-state index is 0.649. The Labute approximate surface area is 129 Å². The van der Waals surface area contributed by atoms with Crippen molar-refractivity contribution in [1.29, 1.82) is 0 Å². The highest BCUT2D eigenvalue weighted by atomic mass is 35.5. The highest BCUT2D eigenvalue weighted by Gasteiger charge is 2.10. The number of rotatable bonds is 6. The van der Waals surface area contributed by atoms with Gasteiger partial charge < -0.3 is 14.6 Å². The van der Waals surface area contributed by atoms with E-state index in [4.69, 9.17) is 27.6 Å². The first-order chi connectivity index (χ1) is 9.56. The third-order valence-electron chi connectivity index (χ3n) is 3.05. The summed E-state index contributed by atoms with van der Waals surface area (Å²) in [4.78, 5) is 1.45. The maximum Gasteiger partial charge on any atom is 0.158 e. The van der Waals surface area contributed by atoms with Gasteiger partial charge in [0.1, 0.15) is 25.4 Å². The third-order valence-corrected chi connectivity index (χ3v) is 3.61. The lowest BCUT2D eigenvalue weighted by Crippen LogP contribution is -3.09. The zero-order valence-corrected chi connectivity index (χ0v) is 13.3. The Bertz CT molecular complexity index is 567. The minimum absolute atomic E-state index is 0.649. The normalized spacial score (nSPS) is 11.2. The highest BCUT2D eigenvalue weighted by Crippen LogP contribution is 2.31. The van der Waals surface area contributed by atoms with E-state index in [1.165, 1.54) is 4.90 Å². The molecule has 20 heavy (non-hydrogen) atoms. The predicted molar refractivity (Wildman–Crippen MR) is 82.3 cm³/mol.